The molecule has 7 nitrogen and oxygen atoms in total. The molecular weight excluding hydrogens is 370 g/mol. The van der Waals surface area contributed by atoms with Gasteiger partial charge in [0.25, 0.3) is 11.8 Å². The summed E-state index contributed by atoms with van der Waals surface area (Å²) in [6.07, 6.45) is 11.5. The van der Waals surface area contributed by atoms with E-state index in [4.69, 9.17) is 4.74 Å². The number of hydrogen-bond donors (Lipinski definition) is 1. The minimum atomic E-state index is -0.762. The van der Waals surface area contributed by atoms with Crippen LogP contribution in [-0.2, 0) is 9.59 Å². The molecule has 4 rings (SSSR count). The Bertz CT molecular complexity index is 968. The number of ether oxygens (including phenoxy) is 1. The molecule has 0 unspecified atom stereocenters. The third-order valence-corrected chi connectivity index (χ3v) is 5.48. The molecule has 2 aromatic rings. The minimum absolute atomic E-state index is 0.0678. The zero-order valence-electron chi connectivity index (χ0n) is 16.3. The third kappa shape index (κ3) is 3.81. The first-order valence-electron chi connectivity index (χ1n) is 9.80. The largest absolute Gasteiger partial charge is 0.497 e. The van der Waals surface area contributed by atoms with Gasteiger partial charge in [-0.3, -0.25) is 14.9 Å². The second-order valence-electron chi connectivity index (χ2n) is 7.34. The average Bonchev–Trinajstić information content (AvgIpc) is 3.21. The average molecular weight is 393 g/mol. The van der Waals surface area contributed by atoms with Crippen molar-refractivity contribution >= 4 is 29.6 Å². The quantitative estimate of drug-likeness (QED) is 0.635. The molecule has 1 aliphatic carbocycles. The zero-order valence-corrected chi connectivity index (χ0v) is 16.3. The van der Waals surface area contributed by atoms with Crippen molar-refractivity contribution in [2.75, 3.05) is 12.0 Å². The van der Waals surface area contributed by atoms with Crippen molar-refractivity contribution in [1.82, 2.24) is 9.88 Å². The molecule has 0 atom stereocenters. The first kappa shape index (κ1) is 19.0. The van der Waals surface area contributed by atoms with Crippen molar-refractivity contribution in [2.45, 2.75) is 38.1 Å². The first-order chi connectivity index (χ1) is 14.1. The van der Waals surface area contributed by atoms with E-state index in [1.165, 1.54) is 26.4 Å². The van der Waals surface area contributed by atoms with Crippen molar-refractivity contribution < 1.29 is 19.1 Å². The fraction of sp³-hybridized carbons (Fsp3) is 0.318. The van der Waals surface area contributed by atoms with Gasteiger partial charge in [-0.1, -0.05) is 19.3 Å². The highest BCUT2D eigenvalue weighted by Crippen LogP contribution is 2.29. The lowest BCUT2D eigenvalue weighted by Gasteiger charge is -2.26. The standard InChI is InChI=1S/C22H23N3O4/c1-29-18-9-7-17(8-10-18)25-21(27)19(20(26)23-22(25)28)13-15-11-12-24(14-15)16-5-3-2-4-6-16/h7-14,16H,2-6H2,1H3,(H,23,26,28)/b19-13-. The predicted octanol–water partition coefficient (Wildman–Crippen LogP) is 3.67. The number of nitrogens with one attached hydrogen (secondary N) is 1. The van der Waals surface area contributed by atoms with Crippen LogP contribution in [0.3, 0.4) is 0 Å². The van der Waals surface area contributed by atoms with Crippen LogP contribution in [0.4, 0.5) is 10.5 Å². The number of aromatic nitrogens is 1. The molecule has 1 saturated carbocycles. The summed E-state index contributed by atoms with van der Waals surface area (Å²) in [4.78, 5) is 38.5. The van der Waals surface area contributed by atoms with Gasteiger partial charge in [0.2, 0.25) is 0 Å². The number of carbonyl (C=O) groups excluding carboxylic acids is 3. The minimum Gasteiger partial charge on any atom is -0.497 e. The van der Waals surface area contributed by atoms with Crippen LogP contribution in [0.25, 0.3) is 6.08 Å². The number of barbiturate groups is 1. The van der Waals surface area contributed by atoms with Crippen LogP contribution in [0.1, 0.15) is 43.7 Å². The lowest BCUT2D eigenvalue weighted by Crippen LogP contribution is -2.54. The number of nitrogens with zero attached hydrogens (tertiary/aromatic N) is 2. The van der Waals surface area contributed by atoms with E-state index in [2.05, 4.69) is 9.88 Å². The highest BCUT2D eigenvalue weighted by molar-refractivity contribution is 6.39. The van der Waals surface area contributed by atoms with Crippen LogP contribution in [0.15, 0.2) is 48.3 Å². The van der Waals surface area contributed by atoms with E-state index in [1.807, 2.05) is 18.5 Å². The van der Waals surface area contributed by atoms with Crippen molar-refractivity contribution in [3.63, 3.8) is 0 Å². The lowest BCUT2D eigenvalue weighted by atomic mass is 9.95. The van der Waals surface area contributed by atoms with E-state index >= 15 is 0 Å². The molecule has 0 bridgehead atoms. The summed E-state index contributed by atoms with van der Waals surface area (Å²) >= 11 is 0. The van der Waals surface area contributed by atoms with E-state index in [9.17, 15) is 14.4 Å². The van der Waals surface area contributed by atoms with E-state index < -0.39 is 17.8 Å². The van der Waals surface area contributed by atoms with Crippen LogP contribution in [0.2, 0.25) is 0 Å². The number of amides is 4. The molecule has 0 spiro atoms. The summed E-state index contributed by atoms with van der Waals surface area (Å²) in [5, 5.41) is 2.25. The molecule has 2 aliphatic rings. The third-order valence-electron chi connectivity index (χ3n) is 5.48. The highest BCUT2D eigenvalue weighted by atomic mass is 16.5. The molecule has 29 heavy (non-hydrogen) atoms. The van der Waals surface area contributed by atoms with Gasteiger partial charge in [0.15, 0.2) is 0 Å². The molecule has 1 aromatic carbocycles. The molecule has 1 aromatic heterocycles. The van der Waals surface area contributed by atoms with Gasteiger partial charge in [0, 0.05) is 18.4 Å². The Morgan fingerprint density at radius 3 is 2.45 bits per heavy atom. The summed E-state index contributed by atoms with van der Waals surface area (Å²) in [5.41, 5.74) is 1.06. The number of hydrogen-bond acceptors (Lipinski definition) is 4. The Kier molecular flexibility index (Phi) is 5.20. The highest BCUT2D eigenvalue weighted by Gasteiger charge is 2.36. The molecular formula is C22H23N3O4. The smallest absolute Gasteiger partial charge is 0.335 e. The Balaban J connectivity index is 1.60. The predicted molar refractivity (Wildman–Crippen MR) is 109 cm³/mol. The van der Waals surface area contributed by atoms with Gasteiger partial charge in [-0.15, -0.1) is 0 Å². The molecule has 150 valence electrons. The van der Waals surface area contributed by atoms with Gasteiger partial charge in [0.1, 0.15) is 11.3 Å². The topological polar surface area (TPSA) is 80.6 Å². The molecule has 7 heteroatoms. The summed E-state index contributed by atoms with van der Waals surface area (Å²) in [7, 11) is 1.53. The zero-order chi connectivity index (χ0) is 20.4. The van der Waals surface area contributed by atoms with Crippen molar-refractivity contribution in [2.24, 2.45) is 0 Å². The summed E-state index contributed by atoms with van der Waals surface area (Å²) in [6.45, 7) is 0. The van der Waals surface area contributed by atoms with E-state index in [0.717, 1.165) is 23.3 Å². The number of methoxy groups -OCH3 is 1. The van der Waals surface area contributed by atoms with Gasteiger partial charge in [0.05, 0.1) is 12.8 Å². The number of carbonyl (C=O) groups is 3. The lowest BCUT2D eigenvalue weighted by molar-refractivity contribution is -0.122. The van der Waals surface area contributed by atoms with Crippen molar-refractivity contribution in [3.8, 4) is 5.75 Å². The molecule has 1 saturated heterocycles. The maximum atomic E-state index is 13.0. The Morgan fingerprint density at radius 2 is 1.76 bits per heavy atom. The summed E-state index contributed by atoms with van der Waals surface area (Å²) in [5.74, 6) is -0.723. The van der Waals surface area contributed by atoms with Crippen molar-refractivity contribution in [1.29, 1.82) is 0 Å². The Hall–Kier alpha value is -3.35. The fourth-order valence-electron chi connectivity index (χ4n) is 3.91. The van der Waals surface area contributed by atoms with Crippen LogP contribution in [-0.4, -0.2) is 29.5 Å². The van der Waals surface area contributed by atoms with E-state index in [-0.39, 0.29) is 5.57 Å². The molecule has 1 aliphatic heterocycles. The number of imide groups is 2. The number of urea groups is 1. The van der Waals surface area contributed by atoms with Crippen LogP contribution >= 0.6 is 0 Å². The first-order valence-corrected chi connectivity index (χ1v) is 9.80. The van der Waals surface area contributed by atoms with E-state index in [0.29, 0.717) is 17.5 Å². The number of benzene rings is 1. The molecule has 0 radical (unpaired) electrons. The van der Waals surface area contributed by atoms with Gasteiger partial charge >= 0.3 is 6.03 Å². The molecule has 2 heterocycles. The second-order valence-corrected chi connectivity index (χ2v) is 7.34. The van der Waals surface area contributed by atoms with Gasteiger partial charge in [-0.25, -0.2) is 9.69 Å². The number of rotatable bonds is 4. The molecule has 2 fully saturated rings. The SMILES string of the molecule is COc1ccc(N2C(=O)NC(=O)/C(=C/c3ccn(C4CCCCC4)c3)C2=O)cc1. The van der Waals surface area contributed by atoms with E-state index in [1.54, 1.807) is 30.3 Å². The Morgan fingerprint density at radius 1 is 1.03 bits per heavy atom. The molecule has 1 N–H and O–H groups in total. The molecule has 4 amide bonds. The van der Waals surface area contributed by atoms with Gasteiger partial charge < -0.3 is 9.30 Å². The normalized spacial score (nSPS) is 19.6. The summed E-state index contributed by atoms with van der Waals surface area (Å²) < 4.78 is 7.26. The van der Waals surface area contributed by atoms with Gasteiger partial charge in [-0.05, 0) is 54.8 Å². The fourth-order valence-corrected chi connectivity index (χ4v) is 3.91. The Labute approximate surface area is 168 Å². The summed E-state index contributed by atoms with van der Waals surface area (Å²) in [6, 6.07) is 8.09. The van der Waals surface area contributed by atoms with Crippen LogP contribution in [0, 0.1) is 0 Å². The second kappa shape index (κ2) is 7.95. The maximum absolute atomic E-state index is 13.0. The monoisotopic (exact) mass is 393 g/mol. The van der Waals surface area contributed by atoms with Crippen LogP contribution < -0.4 is 15.0 Å². The van der Waals surface area contributed by atoms with Crippen LogP contribution in [0.5, 0.6) is 5.75 Å². The van der Waals surface area contributed by atoms with Gasteiger partial charge in [-0.2, -0.15) is 0 Å². The maximum Gasteiger partial charge on any atom is 0.335 e. The van der Waals surface area contributed by atoms with Crippen molar-refractivity contribution in [3.05, 3.63) is 53.9 Å². The number of anilines is 1.